The van der Waals surface area contributed by atoms with Crippen molar-refractivity contribution in [3.8, 4) is 0 Å². The number of rotatable bonds is 8. The van der Waals surface area contributed by atoms with Crippen molar-refractivity contribution in [1.82, 2.24) is 5.32 Å². The number of amides is 1. The first-order chi connectivity index (χ1) is 15.1. The van der Waals surface area contributed by atoms with Gasteiger partial charge in [0.25, 0.3) is 0 Å². The number of carbonyl (C=O) groups excluding carboxylic acids is 4. The average molecular weight is 516 g/mol. The highest BCUT2D eigenvalue weighted by atomic mass is 79.9. The first kappa shape index (κ1) is 25.8. The Morgan fingerprint density at radius 1 is 0.969 bits per heavy atom. The molecule has 1 heterocycles. The molecule has 1 amide bonds. The smallest absolute Gasteiger partial charge is 0.303 e. The molecule has 0 spiro atoms. The van der Waals surface area contributed by atoms with E-state index in [1.165, 1.54) is 27.7 Å². The Bertz CT molecular complexity index is 846. The normalized spacial score (nSPS) is 24.8. The van der Waals surface area contributed by atoms with Crippen molar-refractivity contribution in [3.05, 3.63) is 34.3 Å². The van der Waals surface area contributed by atoms with Crippen molar-refractivity contribution >= 4 is 39.7 Å². The molecule has 0 radical (unpaired) electrons. The van der Waals surface area contributed by atoms with Crippen LogP contribution in [0, 0.1) is 0 Å². The van der Waals surface area contributed by atoms with E-state index in [0.29, 0.717) is 0 Å². The fraction of sp³-hybridized carbons (Fsp3) is 0.524. The van der Waals surface area contributed by atoms with Crippen LogP contribution >= 0.6 is 15.9 Å². The van der Waals surface area contributed by atoms with Gasteiger partial charge in [-0.05, 0) is 11.6 Å². The average Bonchev–Trinajstić information content (AvgIpc) is 2.68. The summed E-state index contributed by atoms with van der Waals surface area (Å²) >= 11 is 3.44. The van der Waals surface area contributed by atoms with Crippen LogP contribution in [0.3, 0.4) is 0 Å². The van der Waals surface area contributed by atoms with Crippen molar-refractivity contribution < 1.29 is 42.9 Å². The topological polar surface area (TPSA) is 126 Å². The van der Waals surface area contributed by atoms with Crippen LogP contribution in [0.15, 0.2) is 28.7 Å². The first-order valence-corrected chi connectivity index (χ1v) is 10.6. The highest BCUT2D eigenvalue weighted by Gasteiger charge is 2.51. The van der Waals surface area contributed by atoms with Gasteiger partial charge in [0, 0.05) is 32.2 Å². The number of carbonyl (C=O) groups is 4. The van der Waals surface area contributed by atoms with Gasteiger partial charge in [0.15, 0.2) is 18.5 Å². The summed E-state index contributed by atoms with van der Waals surface area (Å²) in [5.41, 5.74) is 0.806. The van der Waals surface area contributed by atoms with E-state index in [2.05, 4.69) is 21.2 Å². The van der Waals surface area contributed by atoms with Gasteiger partial charge in [0.1, 0.15) is 18.8 Å². The molecule has 0 aliphatic carbocycles. The quantitative estimate of drug-likeness (QED) is 0.405. The molecule has 1 fully saturated rings. The van der Waals surface area contributed by atoms with Crippen LogP contribution in [0.4, 0.5) is 0 Å². The summed E-state index contributed by atoms with van der Waals surface area (Å²) in [5, 5.41) is 2.65. The monoisotopic (exact) mass is 515 g/mol. The second kappa shape index (κ2) is 11.9. The second-order valence-electron chi connectivity index (χ2n) is 7.12. The predicted molar refractivity (Wildman–Crippen MR) is 113 cm³/mol. The summed E-state index contributed by atoms with van der Waals surface area (Å²) in [5.74, 6) is -2.35. The van der Waals surface area contributed by atoms with E-state index >= 15 is 0 Å². The summed E-state index contributed by atoms with van der Waals surface area (Å²) in [4.78, 5) is 46.8. The van der Waals surface area contributed by atoms with Crippen LogP contribution in [0.5, 0.6) is 0 Å². The molecule has 2 rings (SSSR count). The summed E-state index contributed by atoms with van der Waals surface area (Å²) in [6.07, 6.45) is -4.43. The zero-order valence-electron chi connectivity index (χ0n) is 18.2. The summed E-state index contributed by atoms with van der Waals surface area (Å²) in [6, 6.07) is 6.35. The molecule has 0 aromatic heterocycles. The molecule has 1 aromatic rings. The van der Waals surface area contributed by atoms with Gasteiger partial charge in [-0.15, -0.1) is 0 Å². The minimum Gasteiger partial charge on any atom is -0.463 e. The molecule has 0 saturated carbocycles. The molecule has 176 valence electrons. The van der Waals surface area contributed by atoms with Crippen LogP contribution < -0.4 is 5.32 Å². The minimum atomic E-state index is -1.16. The van der Waals surface area contributed by atoms with Crippen molar-refractivity contribution in [2.24, 2.45) is 0 Å². The van der Waals surface area contributed by atoms with Crippen LogP contribution in [-0.2, 0) is 49.5 Å². The lowest BCUT2D eigenvalue weighted by Gasteiger charge is -2.44. The van der Waals surface area contributed by atoms with E-state index in [-0.39, 0.29) is 13.2 Å². The highest BCUT2D eigenvalue weighted by molar-refractivity contribution is 9.10. The van der Waals surface area contributed by atoms with Crippen LogP contribution in [0.1, 0.15) is 33.3 Å². The largest absolute Gasteiger partial charge is 0.463 e. The standard InChI is InChI=1S/C21H26BrNO9/c1-11(24)23-18-20(31-14(4)27)19(30-13(3)26)17(10-28-12(2)25)32-21(18)29-9-15-7-5-6-8-16(15)22/h5-8,17-21H,9-10H2,1-4H3,(H,23,24)/t17-,18-,19-,20-,21-/m1/s1. The van der Waals surface area contributed by atoms with E-state index in [1.807, 2.05) is 24.3 Å². The molecular weight excluding hydrogens is 490 g/mol. The maximum absolute atomic E-state index is 11.9. The van der Waals surface area contributed by atoms with Crippen LogP contribution in [0.2, 0.25) is 0 Å². The number of hydrogen-bond donors (Lipinski definition) is 1. The molecule has 32 heavy (non-hydrogen) atoms. The third-order valence-electron chi connectivity index (χ3n) is 4.43. The van der Waals surface area contributed by atoms with Gasteiger partial charge in [-0.2, -0.15) is 0 Å². The SMILES string of the molecule is CC(=O)N[C@H]1[C@H](OCc2ccccc2Br)O[C@H](COC(C)=O)[C@@H](OC(C)=O)[C@@H]1OC(C)=O. The molecule has 0 unspecified atom stereocenters. The zero-order chi connectivity index (χ0) is 23.8. The van der Waals surface area contributed by atoms with Gasteiger partial charge in [-0.25, -0.2) is 0 Å². The van der Waals surface area contributed by atoms with Crippen molar-refractivity contribution in [1.29, 1.82) is 0 Å². The number of ether oxygens (including phenoxy) is 5. The molecular formula is C21H26BrNO9. The van der Waals surface area contributed by atoms with Gasteiger partial charge in [0.05, 0.1) is 6.61 Å². The Hall–Kier alpha value is -2.50. The van der Waals surface area contributed by atoms with E-state index in [4.69, 9.17) is 23.7 Å². The fourth-order valence-corrected chi connectivity index (χ4v) is 3.62. The van der Waals surface area contributed by atoms with Crippen molar-refractivity contribution in [2.75, 3.05) is 6.61 Å². The van der Waals surface area contributed by atoms with Crippen molar-refractivity contribution in [3.63, 3.8) is 0 Å². The van der Waals surface area contributed by atoms with Gasteiger partial charge in [-0.3, -0.25) is 19.2 Å². The molecule has 10 nitrogen and oxygen atoms in total. The van der Waals surface area contributed by atoms with E-state index < -0.39 is 54.5 Å². The number of esters is 3. The van der Waals surface area contributed by atoms with E-state index in [0.717, 1.165) is 10.0 Å². The number of halogens is 1. The lowest BCUT2D eigenvalue weighted by Crippen LogP contribution is -2.66. The van der Waals surface area contributed by atoms with E-state index in [9.17, 15) is 19.2 Å². The molecule has 11 heteroatoms. The van der Waals surface area contributed by atoms with Gasteiger partial charge >= 0.3 is 17.9 Å². The van der Waals surface area contributed by atoms with Crippen molar-refractivity contribution in [2.45, 2.75) is 64.9 Å². The Morgan fingerprint density at radius 2 is 1.59 bits per heavy atom. The van der Waals surface area contributed by atoms with Gasteiger partial charge < -0.3 is 29.0 Å². The highest BCUT2D eigenvalue weighted by Crippen LogP contribution is 2.29. The van der Waals surface area contributed by atoms with Gasteiger partial charge in [-0.1, -0.05) is 34.1 Å². The molecule has 1 N–H and O–H groups in total. The Morgan fingerprint density at radius 3 is 2.16 bits per heavy atom. The van der Waals surface area contributed by atoms with Gasteiger partial charge in [0.2, 0.25) is 5.91 Å². The van der Waals surface area contributed by atoms with Crippen LogP contribution in [-0.4, -0.2) is 61.1 Å². The Labute approximate surface area is 194 Å². The fourth-order valence-electron chi connectivity index (χ4n) is 3.22. The number of benzene rings is 1. The zero-order valence-corrected chi connectivity index (χ0v) is 19.7. The molecule has 1 aliphatic rings. The van der Waals surface area contributed by atoms with E-state index in [1.54, 1.807) is 0 Å². The van der Waals surface area contributed by atoms with Crippen LogP contribution in [0.25, 0.3) is 0 Å². The summed E-state index contributed by atoms with van der Waals surface area (Å²) in [6.45, 7) is 4.66. The molecule has 1 saturated heterocycles. The molecule has 1 aromatic carbocycles. The third kappa shape index (κ3) is 7.57. The summed E-state index contributed by atoms with van der Waals surface area (Å²) in [7, 11) is 0. The minimum absolute atomic E-state index is 0.0908. The first-order valence-electron chi connectivity index (χ1n) is 9.83. The maximum Gasteiger partial charge on any atom is 0.303 e. The molecule has 0 bridgehead atoms. The predicted octanol–water partition coefficient (Wildman–Crippen LogP) is 1.62. The number of nitrogens with one attached hydrogen (secondary N) is 1. The molecule has 1 aliphatic heterocycles. The molecule has 5 atom stereocenters. The third-order valence-corrected chi connectivity index (χ3v) is 5.21. The Kier molecular flexibility index (Phi) is 9.60. The Balaban J connectivity index is 2.37. The summed E-state index contributed by atoms with van der Waals surface area (Å²) < 4.78 is 28.5. The lowest BCUT2D eigenvalue weighted by atomic mass is 9.96. The second-order valence-corrected chi connectivity index (χ2v) is 7.98. The lowest BCUT2D eigenvalue weighted by molar-refractivity contribution is -0.280. The number of hydrogen-bond acceptors (Lipinski definition) is 9. The maximum atomic E-state index is 11.9.